The van der Waals surface area contributed by atoms with E-state index >= 15 is 0 Å². The zero-order valence-corrected chi connectivity index (χ0v) is 15.5. The lowest BCUT2D eigenvalue weighted by molar-refractivity contribution is -0.139. The quantitative estimate of drug-likeness (QED) is 0.533. The van der Waals surface area contributed by atoms with Crippen LogP contribution in [0, 0.1) is 0 Å². The van der Waals surface area contributed by atoms with Crippen molar-refractivity contribution in [2.45, 2.75) is 20.0 Å². The highest BCUT2D eigenvalue weighted by Crippen LogP contribution is 2.28. The number of allylic oxidation sites excluding steroid dienone is 1. The Morgan fingerprint density at radius 2 is 1.78 bits per heavy atom. The van der Waals surface area contributed by atoms with E-state index in [0.717, 1.165) is 11.3 Å². The standard InChI is InChI=1S/C21H22O6/c1-14(2)27-17-8-4-15(5-9-17)6-10-18(22)16-7-11-19(20(12-16)25-3)26-13-21(23)24/h4-12,14H,13H2,1-3H3,(H,23,24). The molecule has 6 nitrogen and oxygen atoms in total. The van der Waals surface area contributed by atoms with Crippen LogP contribution in [0.1, 0.15) is 29.8 Å². The molecule has 0 heterocycles. The van der Waals surface area contributed by atoms with Crippen molar-refractivity contribution in [1.29, 1.82) is 0 Å². The second kappa shape index (κ2) is 9.43. The molecule has 142 valence electrons. The van der Waals surface area contributed by atoms with E-state index in [1.165, 1.54) is 25.3 Å². The minimum atomic E-state index is -1.09. The first-order valence-corrected chi connectivity index (χ1v) is 8.41. The Kier molecular flexibility index (Phi) is 7.00. The van der Waals surface area contributed by atoms with Crippen molar-refractivity contribution < 1.29 is 28.9 Å². The summed E-state index contributed by atoms with van der Waals surface area (Å²) >= 11 is 0. The number of aliphatic carboxylic acids is 1. The second-order valence-electron chi connectivity index (χ2n) is 5.98. The van der Waals surface area contributed by atoms with Gasteiger partial charge in [0.2, 0.25) is 0 Å². The SMILES string of the molecule is COc1cc(C(=O)C=Cc2ccc(OC(C)C)cc2)ccc1OCC(=O)O. The maximum atomic E-state index is 12.4. The van der Waals surface area contributed by atoms with Gasteiger partial charge in [-0.2, -0.15) is 0 Å². The molecule has 0 fully saturated rings. The van der Waals surface area contributed by atoms with Crippen LogP contribution < -0.4 is 14.2 Å². The van der Waals surface area contributed by atoms with Gasteiger partial charge in [0.15, 0.2) is 23.9 Å². The molecular formula is C21H22O6. The highest BCUT2D eigenvalue weighted by molar-refractivity contribution is 6.07. The largest absolute Gasteiger partial charge is 0.493 e. The van der Waals surface area contributed by atoms with E-state index in [1.807, 2.05) is 38.1 Å². The number of hydrogen-bond acceptors (Lipinski definition) is 5. The third kappa shape index (κ3) is 6.18. The predicted octanol–water partition coefficient (Wildman–Crippen LogP) is 3.84. The topological polar surface area (TPSA) is 82.1 Å². The summed E-state index contributed by atoms with van der Waals surface area (Å²) in [6, 6.07) is 12.0. The number of carboxylic acids is 1. The third-order valence-electron chi connectivity index (χ3n) is 3.48. The van der Waals surface area contributed by atoms with Crippen LogP contribution in [-0.4, -0.2) is 36.7 Å². The third-order valence-corrected chi connectivity index (χ3v) is 3.48. The van der Waals surface area contributed by atoms with Gasteiger partial charge in [-0.15, -0.1) is 0 Å². The zero-order valence-electron chi connectivity index (χ0n) is 15.5. The monoisotopic (exact) mass is 370 g/mol. The molecule has 0 aliphatic rings. The Bertz CT molecular complexity index is 821. The molecule has 0 aliphatic carbocycles. The molecule has 0 atom stereocenters. The van der Waals surface area contributed by atoms with Gasteiger partial charge in [-0.25, -0.2) is 4.79 Å². The first-order valence-electron chi connectivity index (χ1n) is 8.41. The first kappa shape index (κ1) is 20.0. The molecule has 0 aliphatic heterocycles. The van der Waals surface area contributed by atoms with E-state index < -0.39 is 12.6 Å². The van der Waals surface area contributed by atoms with Gasteiger partial charge in [0.25, 0.3) is 0 Å². The molecule has 1 N–H and O–H groups in total. The van der Waals surface area contributed by atoms with Gasteiger partial charge >= 0.3 is 5.97 Å². The second-order valence-corrected chi connectivity index (χ2v) is 5.98. The van der Waals surface area contributed by atoms with Crippen molar-refractivity contribution in [1.82, 2.24) is 0 Å². The van der Waals surface area contributed by atoms with E-state index in [4.69, 9.17) is 19.3 Å². The molecule has 2 aromatic carbocycles. The summed E-state index contributed by atoms with van der Waals surface area (Å²) in [5, 5.41) is 8.68. The summed E-state index contributed by atoms with van der Waals surface area (Å²) in [4.78, 5) is 23.0. The van der Waals surface area contributed by atoms with Crippen molar-refractivity contribution in [2.24, 2.45) is 0 Å². The molecule has 2 rings (SSSR count). The number of carboxylic acid groups (broad SMARTS) is 1. The van der Waals surface area contributed by atoms with Crippen LogP contribution in [-0.2, 0) is 4.79 Å². The van der Waals surface area contributed by atoms with Gasteiger partial charge in [-0.05, 0) is 55.8 Å². The van der Waals surface area contributed by atoms with Crippen molar-refractivity contribution in [3.63, 3.8) is 0 Å². The summed E-state index contributed by atoms with van der Waals surface area (Å²) in [6.45, 7) is 3.43. The maximum absolute atomic E-state index is 12.4. The Morgan fingerprint density at radius 3 is 2.37 bits per heavy atom. The summed E-state index contributed by atoms with van der Waals surface area (Å²) in [6.07, 6.45) is 3.28. The predicted molar refractivity (Wildman–Crippen MR) is 102 cm³/mol. The van der Waals surface area contributed by atoms with E-state index in [9.17, 15) is 9.59 Å². The van der Waals surface area contributed by atoms with E-state index in [0.29, 0.717) is 11.3 Å². The molecule has 6 heteroatoms. The fourth-order valence-corrected chi connectivity index (χ4v) is 2.28. The van der Waals surface area contributed by atoms with Gasteiger partial charge in [0, 0.05) is 5.56 Å². The number of carbonyl (C=O) groups excluding carboxylic acids is 1. The molecule has 27 heavy (non-hydrogen) atoms. The van der Waals surface area contributed by atoms with Crippen molar-refractivity contribution >= 4 is 17.8 Å². The van der Waals surface area contributed by atoms with Crippen LogP contribution >= 0.6 is 0 Å². The summed E-state index contributed by atoms with van der Waals surface area (Å²) in [5.74, 6) is 0.0348. The average Bonchev–Trinajstić information content (AvgIpc) is 2.64. The van der Waals surface area contributed by atoms with Gasteiger partial charge in [-0.3, -0.25) is 4.79 Å². The van der Waals surface area contributed by atoms with Crippen LogP contribution in [0.4, 0.5) is 0 Å². The van der Waals surface area contributed by atoms with E-state index in [2.05, 4.69) is 0 Å². The summed E-state index contributed by atoms with van der Waals surface area (Å²) < 4.78 is 15.9. The first-order chi connectivity index (χ1) is 12.9. The Hall–Kier alpha value is -3.28. The molecular weight excluding hydrogens is 348 g/mol. The number of rotatable bonds is 9. The number of methoxy groups -OCH3 is 1. The molecule has 0 saturated heterocycles. The highest BCUT2D eigenvalue weighted by Gasteiger charge is 2.10. The molecule has 0 radical (unpaired) electrons. The lowest BCUT2D eigenvalue weighted by atomic mass is 10.1. The van der Waals surface area contributed by atoms with Crippen LogP contribution in [0.25, 0.3) is 6.08 Å². The number of carbonyl (C=O) groups is 2. The summed E-state index contributed by atoms with van der Waals surface area (Å²) in [5.41, 5.74) is 1.28. The average molecular weight is 370 g/mol. The molecule has 2 aromatic rings. The normalized spacial score (nSPS) is 10.8. The van der Waals surface area contributed by atoms with Crippen molar-refractivity contribution in [2.75, 3.05) is 13.7 Å². The Balaban J connectivity index is 2.08. The molecule has 0 aromatic heterocycles. The smallest absolute Gasteiger partial charge is 0.341 e. The maximum Gasteiger partial charge on any atom is 0.341 e. The number of benzene rings is 2. The van der Waals surface area contributed by atoms with Crippen molar-refractivity contribution in [3.8, 4) is 17.2 Å². The van der Waals surface area contributed by atoms with E-state index in [-0.39, 0.29) is 17.6 Å². The summed E-state index contributed by atoms with van der Waals surface area (Å²) in [7, 11) is 1.42. The number of hydrogen-bond donors (Lipinski definition) is 1. The fraction of sp³-hybridized carbons (Fsp3) is 0.238. The molecule has 0 bridgehead atoms. The molecule has 0 saturated carbocycles. The van der Waals surface area contributed by atoms with E-state index in [1.54, 1.807) is 12.1 Å². The lowest BCUT2D eigenvalue weighted by Crippen LogP contribution is -2.10. The van der Waals surface area contributed by atoms with Crippen LogP contribution in [0.3, 0.4) is 0 Å². The molecule has 0 amide bonds. The number of ether oxygens (including phenoxy) is 3. The lowest BCUT2D eigenvalue weighted by Gasteiger charge is -2.10. The van der Waals surface area contributed by atoms with Gasteiger partial charge in [-0.1, -0.05) is 18.2 Å². The fourth-order valence-electron chi connectivity index (χ4n) is 2.28. The van der Waals surface area contributed by atoms with Crippen LogP contribution in [0.2, 0.25) is 0 Å². The zero-order chi connectivity index (χ0) is 19.8. The molecule has 0 unspecified atom stereocenters. The van der Waals surface area contributed by atoms with Crippen LogP contribution in [0.5, 0.6) is 17.2 Å². The highest BCUT2D eigenvalue weighted by atomic mass is 16.5. The van der Waals surface area contributed by atoms with Crippen LogP contribution in [0.15, 0.2) is 48.5 Å². The van der Waals surface area contributed by atoms with Gasteiger partial charge < -0.3 is 19.3 Å². The Morgan fingerprint density at radius 1 is 1.07 bits per heavy atom. The minimum absolute atomic E-state index is 0.102. The minimum Gasteiger partial charge on any atom is -0.493 e. The Labute approximate surface area is 158 Å². The number of ketones is 1. The molecule has 0 spiro atoms. The van der Waals surface area contributed by atoms with Gasteiger partial charge in [0.1, 0.15) is 5.75 Å². The van der Waals surface area contributed by atoms with Crippen molar-refractivity contribution in [3.05, 3.63) is 59.7 Å². The van der Waals surface area contributed by atoms with Gasteiger partial charge in [0.05, 0.1) is 13.2 Å².